The molecule has 3 heterocycles. The predicted octanol–water partition coefficient (Wildman–Crippen LogP) is 2.61. The van der Waals surface area contributed by atoms with Gasteiger partial charge in [0.05, 0.1) is 4.90 Å². The Labute approximate surface area is 203 Å². The predicted molar refractivity (Wildman–Crippen MR) is 125 cm³/mol. The number of amides is 1. The molecule has 186 valence electrons. The highest BCUT2D eigenvalue weighted by atomic mass is 32.2. The second-order valence-electron chi connectivity index (χ2n) is 9.12. The van der Waals surface area contributed by atoms with Crippen LogP contribution in [-0.4, -0.2) is 73.7 Å². The Morgan fingerprint density at radius 1 is 1.18 bits per heavy atom. The molecule has 0 bridgehead atoms. The number of nitrogens with zero attached hydrogens (tertiary/aromatic N) is 4. The molecule has 1 amide bonds. The summed E-state index contributed by atoms with van der Waals surface area (Å²) < 4.78 is 53.1. The van der Waals surface area contributed by atoms with E-state index in [1.165, 1.54) is 23.7 Å². The molecule has 12 heteroatoms. The van der Waals surface area contributed by atoms with Gasteiger partial charge in [-0.2, -0.15) is 4.37 Å². The molecule has 9 nitrogen and oxygen atoms in total. The summed E-state index contributed by atoms with van der Waals surface area (Å²) in [5.74, 6) is -0.419. The number of methoxy groups -OCH3 is 1. The lowest BCUT2D eigenvalue weighted by Crippen LogP contribution is -2.47. The zero-order valence-corrected chi connectivity index (χ0v) is 21.3. The number of sulfone groups is 1. The Morgan fingerprint density at radius 3 is 2.50 bits per heavy atom. The first-order chi connectivity index (χ1) is 16.0. The molecular formula is C22H29FN4O5S2. The number of hydrogen-bond donors (Lipinski definition) is 0. The van der Waals surface area contributed by atoms with Crippen LogP contribution >= 0.6 is 11.5 Å². The maximum atomic E-state index is 14.4. The van der Waals surface area contributed by atoms with E-state index in [1.54, 1.807) is 7.11 Å². The van der Waals surface area contributed by atoms with E-state index in [0.717, 1.165) is 43.4 Å². The normalized spacial score (nSPS) is 20.3. The van der Waals surface area contributed by atoms with E-state index in [2.05, 4.69) is 14.3 Å². The van der Waals surface area contributed by atoms with Gasteiger partial charge in [-0.1, -0.05) is 0 Å². The summed E-state index contributed by atoms with van der Waals surface area (Å²) in [5.41, 5.74) is -0.547. The van der Waals surface area contributed by atoms with Crippen LogP contribution in [0.25, 0.3) is 0 Å². The number of anilines is 1. The van der Waals surface area contributed by atoms with Gasteiger partial charge in [0, 0.05) is 57.0 Å². The lowest BCUT2D eigenvalue weighted by atomic mass is 10.0. The summed E-state index contributed by atoms with van der Waals surface area (Å²) in [4.78, 5) is 21.5. The number of carbonyl (C=O) groups excluding carboxylic acids is 1. The summed E-state index contributed by atoms with van der Waals surface area (Å²) in [6, 6.07) is 3.55. The third-order valence-corrected chi connectivity index (χ3v) is 8.32. The van der Waals surface area contributed by atoms with Crippen molar-refractivity contribution in [2.24, 2.45) is 0 Å². The van der Waals surface area contributed by atoms with Crippen molar-refractivity contribution < 1.29 is 27.1 Å². The summed E-state index contributed by atoms with van der Waals surface area (Å²) >= 11 is 1.35. The van der Waals surface area contributed by atoms with E-state index in [4.69, 9.17) is 9.47 Å². The zero-order valence-electron chi connectivity index (χ0n) is 19.7. The Kier molecular flexibility index (Phi) is 6.85. The monoisotopic (exact) mass is 512 g/mol. The molecule has 34 heavy (non-hydrogen) atoms. The number of benzene rings is 1. The molecule has 0 spiro atoms. The molecular weight excluding hydrogens is 483 g/mol. The van der Waals surface area contributed by atoms with Gasteiger partial charge in [-0.3, -0.25) is 4.79 Å². The van der Waals surface area contributed by atoms with Crippen LogP contribution < -0.4 is 9.64 Å². The van der Waals surface area contributed by atoms with Crippen molar-refractivity contribution in [1.29, 1.82) is 0 Å². The molecule has 1 aromatic heterocycles. The van der Waals surface area contributed by atoms with E-state index in [1.807, 2.05) is 18.7 Å². The number of likely N-dealkylation sites (tertiary alicyclic amines) is 1. The van der Waals surface area contributed by atoms with Gasteiger partial charge in [-0.25, -0.2) is 17.8 Å². The standard InChI is InChI=1S/C22H29FN4O5S2/c1-22(2,31-3)20-24-21(33-25-20)26-10-7-14(8-11-26)27-12-9-18(19(27)28)32-17-6-5-15(13-16(17)23)34(4,29)30/h5-6,13-14,18H,7-12H2,1-4H3/t18-/m0/s1. The SMILES string of the molecule is COC(C)(C)c1nsc(N2CCC(N3CC[C@H](Oc4ccc(S(C)(=O)=O)cc4F)C3=O)CC2)n1. The van der Waals surface area contributed by atoms with Crippen LogP contribution in [0.4, 0.5) is 9.52 Å². The second kappa shape index (κ2) is 9.38. The van der Waals surface area contributed by atoms with E-state index in [-0.39, 0.29) is 22.6 Å². The van der Waals surface area contributed by atoms with E-state index in [9.17, 15) is 17.6 Å². The molecule has 0 N–H and O–H groups in total. The fourth-order valence-electron chi connectivity index (χ4n) is 4.16. The number of carbonyl (C=O) groups is 1. The van der Waals surface area contributed by atoms with Gasteiger partial charge in [0.15, 0.2) is 33.3 Å². The second-order valence-corrected chi connectivity index (χ2v) is 11.9. The maximum Gasteiger partial charge on any atom is 0.263 e. The number of halogens is 1. The van der Waals surface area contributed by atoms with Crippen molar-refractivity contribution in [2.45, 2.75) is 55.8 Å². The molecule has 2 aliphatic heterocycles. The lowest BCUT2D eigenvalue weighted by Gasteiger charge is -2.36. The number of ether oxygens (including phenoxy) is 2. The summed E-state index contributed by atoms with van der Waals surface area (Å²) in [7, 11) is -1.89. The van der Waals surface area contributed by atoms with Gasteiger partial charge in [0.25, 0.3) is 5.91 Å². The Bertz CT molecular complexity index is 1160. The van der Waals surface area contributed by atoms with Crippen LogP contribution in [0.15, 0.2) is 23.1 Å². The third-order valence-electron chi connectivity index (χ3n) is 6.43. The van der Waals surface area contributed by atoms with Crippen LogP contribution in [0.2, 0.25) is 0 Å². The molecule has 2 fully saturated rings. The molecule has 0 unspecified atom stereocenters. The third kappa shape index (κ3) is 5.03. The minimum Gasteiger partial charge on any atom is -0.477 e. The fraction of sp³-hybridized carbons (Fsp3) is 0.591. The number of rotatable bonds is 7. The number of hydrogen-bond acceptors (Lipinski definition) is 9. The molecule has 1 atom stereocenters. The summed E-state index contributed by atoms with van der Waals surface area (Å²) in [5, 5.41) is 0.848. The number of piperidine rings is 1. The van der Waals surface area contributed by atoms with Gasteiger partial charge in [0.2, 0.25) is 5.13 Å². The highest BCUT2D eigenvalue weighted by molar-refractivity contribution is 7.90. The smallest absolute Gasteiger partial charge is 0.263 e. The average molecular weight is 513 g/mol. The first kappa shape index (κ1) is 24.8. The molecule has 2 aromatic rings. The van der Waals surface area contributed by atoms with Crippen LogP contribution in [0.1, 0.15) is 38.9 Å². The summed E-state index contributed by atoms with van der Waals surface area (Å²) in [6.45, 7) is 5.90. The van der Waals surface area contributed by atoms with Crippen molar-refractivity contribution >= 4 is 32.4 Å². The average Bonchev–Trinajstić information content (AvgIpc) is 3.43. The van der Waals surface area contributed by atoms with Crippen molar-refractivity contribution in [3.8, 4) is 5.75 Å². The van der Waals surface area contributed by atoms with Crippen LogP contribution in [0, 0.1) is 5.82 Å². The van der Waals surface area contributed by atoms with Gasteiger partial charge < -0.3 is 19.3 Å². The highest BCUT2D eigenvalue weighted by Crippen LogP contribution is 2.31. The van der Waals surface area contributed by atoms with Crippen molar-refractivity contribution in [2.75, 3.05) is 37.9 Å². The molecule has 0 saturated carbocycles. The Morgan fingerprint density at radius 2 is 1.88 bits per heavy atom. The van der Waals surface area contributed by atoms with Crippen molar-refractivity contribution in [3.63, 3.8) is 0 Å². The molecule has 2 aliphatic rings. The first-order valence-electron chi connectivity index (χ1n) is 11.1. The molecule has 1 aromatic carbocycles. The van der Waals surface area contributed by atoms with Crippen molar-refractivity contribution in [1.82, 2.24) is 14.3 Å². The number of aromatic nitrogens is 2. The van der Waals surface area contributed by atoms with Crippen LogP contribution in [-0.2, 0) is 25.0 Å². The summed E-state index contributed by atoms with van der Waals surface area (Å²) in [6.07, 6.45) is 2.27. The van der Waals surface area contributed by atoms with E-state index in [0.29, 0.717) is 18.8 Å². The zero-order chi connectivity index (χ0) is 24.7. The molecule has 4 rings (SSSR count). The minimum atomic E-state index is -3.52. The van der Waals surface area contributed by atoms with Crippen LogP contribution in [0.5, 0.6) is 5.75 Å². The Balaban J connectivity index is 1.34. The van der Waals surface area contributed by atoms with Gasteiger partial charge in [0.1, 0.15) is 5.60 Å². The largest absolute Gasteiger partial charge is 0.477 e. The minimum absolute atomic E-state index is 0.0811. The fourth-order valence-corrected chi connectivity index (χ4v) is 5.64. The highest BCUT2D eigenvalue weighted by Gasteiger charge is 2.39. The van der Waals surface area contributed by atoms with E-state index < -0.39 is 27.4 Å². The maximum absolute atomic E-state index is 14.4. The quantitative estimate of drug-likeness (QED) is 0.558. The van der Waals surface area contributed by atoms with Crippen LogP contribution in [0.3, 0.4) is 0 Å². The molecule has 0 radical (unpaired) electrons. The molecule has 2 saturated heterocycles. The molecule has 0 aliphatic carbocycles. The Hall–Kier alpha value is -2.31. The first-order valence-corrected chi connectivity index (χ1v) is 13.8. The van der Waals surface area contributed by atoms with Gasteiger partial charge in [-0.15, -0.1) is 0 Å². The van der Waals surface area contributed by atoms with Crippen molar-refractivity contribution in [3.05, 3.63) is 29.8 Å². The lowest BCUT2D eigenvalue weighted by molar-refractivity contribution is -0.135. The van der Waals surface area contributed by atoms with E-state index >= 15 is 0 Å². The van der Waals surface area contributed by atoms with Gasteiger partial charge >= 0.3 is 0 Å². The topological polar surface area (TPSA) is 102 Å². The van der Waals surface area contributed by atoms with Gasteiger partial charge in [-0.05, 0) is 44.9 Å².